The number of hydrogen-bond acceptors (Lipinski definition) is 6. The Kier molecular flexibility index (Phi) is 5.34. The fourth-order valence-electron chi connectivity index (χ4n) is 2.55. The lowest BCUT2D eigenvalue weighted by molar-refractivity contribution is -0.394. The van der Waals surface area contributed by atoms with Crippen LogP contribution in [0.4, 0.5) is 11.4 Å². The summed E-state index contributed by atoms with van der Waals surface area (Å²) < 4.78 is 2.46. The van der Waals surface area contributed by atoms with Gasteiger partial charge in [0, 0.05) is 18.7 Å². The number of benzene rings is 2. The zero-order chi connectivity index (χ0) is 20.4. The molecule has 0 fully saturated rings. The molecular weight excluding hydrogens is 408 g/mol. The van der Waals surface area contributed by atoms with Gasteiger partial charge < -0.3 is 4.57 Å². The van der Waals surface area contributed by atoms with Gasteiger partial charge in [-0.25, -0.2) is 0 Å². The highest BCUT2D eigenvalue weighted by Crippen LogP contribution is 2.26. The smallest absolute Gasteiger partial charge is 0.280 e. The predicted octanol–water partition coefficient (Wildman–Crippen LogP) is 4.10. The van der Waals surface area contributed by atoms with Crippen molar-refractivity contribution in [2.24, 2.45) is 4.99 Å². The number of fused-ring (bicyclic) bond motifs is 1. The summed E-state index contributed by atoms with van der Waals surface area (Å²) in [5.41, 5.74) is -0.711. The molecule has 1 aromatic heterocycles. The van der Waals surface area contributed by atoms with E-state index in [1.54, 1.807) is 22.8 Å². The Labute approximate surface area is 166 Å². The summed E-state index contributed by atoms with van der Waals surface area (Å²) in [4.78, 5) is 37.3. The molecule has 1 heterocycles. The van der Waals surface area contributed by atoms with E-state index in [0.717, 1.165) is 22.9 Å². The van der Waals surface area contributed by atoms with Crippen molar-refractivity contribution in [3.05, 3.63) is 84.7 Å². The molecule has 142 valence electrons. The third-order valence-corrected chi connectivity index (χ3v) is 5.08. The molecule has 0 saturated heterocycles. The van der Waals surface area contributed by atoms with Crippen molar-refractivity contribution < 1.29 is 14.6 Å². The second-order valence-corrected chi connectivity index (χ2v) is 6.96. The minimum Gasteiger partial charge on any atom is -0.311 e. The number of carbonyl (C=O) groups is 1. The Morgan fingerprint density at radius 2 is 1.86 bits per heavy atom. The number of non-ortho nitro benzene ring substituents is 2. The normalized spacial score (nSPS) is 11.5. The Balaban J connectivity index is 2.19. The maximum atomic E-state index is 12.6. The molecule has 11 heteroatoms. The first-order valence-corrected chi connectivity index (χ1v) is 8.93. The molecule has 0 N–H and O–H groups in total. The number of halogens is 1. The number of thiazole rings is 1. The number of nitro groups is 2. The van der Waals surface area contributed by atoms with Crippen molar-refractivity contribution in [3.8, 4) is 0 Å². The molecule has 9 nitrogen and oxygen atoms in total. The number of nitro benzene ring substituents is 2. The van der Waals surface area contributed by atoms with Crippen LogP contribution in [0.1, 0.15) is 10.4 Å². The largest absolute Gasteiger partial charge is 0.311 e. The molecule has 3 rings (SSSR count). The molecular formula is C17H11ClN4O5S. The van der Waals surface area contributed by atoms with E-state index >= 15 is 0 Å². The van der Waals surface area contributed by atoms with Crippen molar-refractivity contribution in [1.82, 2.24) is 4.57 Å². The maximum Gasteiger partial charge on any atom is 0.280 e. The van der Waals surface area contributed by atoms with Crippen LogP contribution in [0.3, 0.4) is 0 Å². The monoisotopic (exact) mass is 418 g/mol. The van der Waals surface area contributed by atoms with E-state index in [4.69, 9.17) is 11.6 Å². The van der Waals surface area contributed by atoms with Crippen LogP contribution in [-0.2, 0) is 6.54 Å². The third kappa shape index (κ3) is 3.68. The quantitative estimate of drug-likeness (QED) is 0.351. The first-order valence-electron chi connectivity index (χ1n) is 7.73. The minimum atomic E-state index is -0.840. The van der Waals surface area contributed by atoms with Gasteiger partial charge >= 0.3 is 0 Å². The number of aromatic nitrogens is 1. The summed E-state index contributed by atoms with van der Waals surface area (Å²) in [6, 6.07) is 7.97. The first-order chi connectivity index (χ1) is 13.3. The molecule has 3 aromatic rings. The van der Waals surface area contributed by atoms with Crippen molar-refractivity contribution in [2.75, 3.05) is 0 Å². The average Bonchev–Trinajstić information content (AvgIpc) is 3.00. The fraction of sp³-hybridized carbons (Fsp3) is 0.0588. The second kappa shape index (κ2) is 7.71. The van der Waals surface area contributed by atoms with Crippen molar-refractivity contribution in [2.45, 2.75) is 6.54 Å². The van der Waals surface area contributed by atoms with Crippen molar-refractivity contribution >= 4 is 50.4 Å². The lowest BCUT2D eigenvalue weighted by Gasteiger charge is -2.02. The van der Waals surface area contributed by atoms with E-state index in [2.05, 4.69) is 11.6 Å². The number of nitrogens with zero attached hydrogens (tertiary/aromatic N) is 4. The average molecular weight is 419 g/mol. The van der Waals surface area contributed by atoms with E-state index in [9.17, 15) is 25.0 Å². The van der Waals surface area contributed by atoms with E-state index in [-0.39, 0.29) is 5.56 Å². The summed E-state index contributed by atoms with van der Waals surface area (Å²) in [5.74, 6) is -0.840. The van der Waals surface area contributed by atoms with Gasteiger partial charge in [-0.05, 0) is 12.1 Å². The van der Waals surface area contributed by atoms with Crippen LogP contribution in [0.25, 0.3) is 10.2 Å². The number of hydrogen-bond donors (Lipinski definition) is 0. The molecule has 0 aliphatic rings. The number of allylic oxidation sites excluding steroid dienone is 1. The van der Waals surface area contributed by atoms with Crippen LogP contribution in [0.2, 0.25) is 5.02 Å². The van der Waals surface area contributed by atoms with Gasteiger partial charge in [0.1, 0.15) is 0 Å². The van der Waals surface area contributed by atoms with Crippen molar-refractivity contribution in [1.29, 1.82) is 0 Å². The highest BCUT2D eigenvalue weighted by molar-refractivity contribution is 7.16. The molecule has 0 aliphatic carbocycles. The predicted molar refractivity (Wildman–Crippen MR) is 105 cm³/mol. The number of para-hydroxylation sites is 1. The Morgan fingerprint density at radius 3 is 2.43 bits per heavy atom. The van der Waals surface area contributed by atoms with E-state index < -0.39 is 27.1 Å². The Morgan fingerprint density at radius 1 is 1.21 bits per heavy atom. The van der Waals surface area contributed by atoms with Crippen LogP contribution >= 0.6 is 22.9 Å². The minimum absolute atomic E-state index is 0.255. The zero-order valence-electron chi connectivity index (χ0n) is 14.1. The third-order valence-electron chi connectivity index (χ3n) is 3.73. The molecule has 0 saturated carbocycles. The summed E-state index contributed by atoms with van der Waals surface area (Å²) >= 11 is 7.45. The topological polar surface area (TPSA) is 121 Å². The summed E-state index contributed by atoms with van der Waals surface area (Å²) in [6.45, 7) is 4.00. The lowest BCUT2D eigenvalue weighted by atomic mass is 10.1. The van der Waals surface area contributed by atoms with E-state index in [1.807, 2.05) is 6.07 Å². The number of rotatable bonds is 5. The van der Waals surface area contributed by atoms with Crippen LogP contribution in [0.15, 0.2) is 54.0 Å². The van der Waals surface area contributed by atoms with Crippen LogP contribution in [-0.4, -0.2) is 20.3 Å². The highest BCUT2D eigenvalue weighted by Gasteiger charge is 2.20. The van der Waals surface area contributed by atoms with Crippen LogP contribution in [0, 0.1) is 20.2 Å². The van der Waals surface area contributed by atoms with E-state index in [0.29, 0.717) is 21.9 Å². The summed E-state index contributed by atoms with van der Waals surface area (Å²) in [7, 11) is 0. The molecule has 0 bridgehead atoms. The molecule has 2 aromatic carbocycles. The van der Waals surface area contributed by atoms with Gasteiger partial charge in [0.2, 0.25) is 0 Å². The molecule has 0 atom stereocenters. The SMILES string of the molecule is C=CCn1c(=NC(=O)c2cc([N+](=O)[O-])cc([N+](=O)[O-])c2)sc2cccc(Cl)c21. The van der Waals surface area contributed by atoms with Gasteiger partial charge in [-0.3, -0.25) is 25.0 Å². The number of amides is 1. The van der Waals surface area contributed by atoms with Crippen molar-refractivity contribution in [3.63, 3.8) is 0 Å². The molecule has 0 radical (unpaired) electrons. The van der Waals surface area contributed by atoms with Gasteiger partial charge in [-0.1, -0.05) is 35.1 Å². The first kappa shape index (κ1) is 19.4. The van der Waals surface area contributed by atoms with Crippen LogP contribution < -0.4 is 4.80 Å². The summed E-state index contributed by atoms with van der Waals surface area (Å²) in [6.07, 6.45) is 1.61. The van der Waals surface area contributed by atoms with Gasteiger partial charge in [0.15, 0.2) is 4.80 Å². The fourth-order valence-corrected chi connectivity index (χ4v) is 3.95. The van der Waals surface area contributed by atoms with Crippen LogP contribution in [0.5, 0.6) is 0 Å². The van der Waals surface area contributed by atoms with Gasteiger partial charge in [-0.2, -0.15) is 4.99 Å². The molecule has 1 amide bonds. The maximum absolute atomic E-state index is 12.6. The van der Waals surface area contributed by atoms with Gasteiger partial charge in [-0.15, -0.1) is 6.58 Å². The Bertz CT molecular complexity index is 1180. The molecule has 0 unspecified atom stereocenters. The lowest BCUT2D eigenvalue weighted by Crippen LogP contribution is -2.16. The zero-order valence-corrected chi connectivity index (χ0v) is 15.6. The number of carbonyl (C=O) groups excluding carboxylic acids is 1. The second-order valence-electron chi connectivity index (χ2n) is 5.54. The highest BCUT2D eigenvalue weighted by atomic mass is 35.5. The molecule has 0 spiro atoms. The standard InChI is InChI=1S/C17H11ClN4O5S/c1-2-6-20-15-13(18)4-3-5-14(15)28-17(20)19-16(23)10-7-11(21(24)25)9-12(8-10)22(26)27/h2-5,7-9H,1,6H2. The summed E-state index contributed by atoms with van der Waals surface area (Å²) in [5, 5.41) is 22.5. The van der Waals surface area contributed by atoms with Gasteiger partial charge in [0.05, 0.1) is 36.7 Å². The van der Waals surface area contributed by atoms with Gasteiger partial charge in [0.25, 0.3) is 17.3 Å². The van der Waals surface area contributed by atoms with E-state index in [1.165, 1.54) is 11.3 Å². The Hall–Kier alpha value is -3.37. The molecule has 28 heavy (non-hydrogen) atoms. The molecule has 0 aliphatic heterocycles.